The molecular formula is C18H13BFN. The Balaban J connectivity index is 2.02. The van der Waals surface area contributed by atoms with Crippen molar-refractivity contribution in [2.75, 3.05) is 0 Å². The molecule has 0 bridgehead atoms. The van der Waals surface area contributed by atoms with Crippen LogP contribution in [-0.4, -0.2) is 12.8 Å². The Labute approximate surface area is 124 Å². The van der Waals surface area contributed by atoms with Gasteiger partial charge in [-0.05, 0) is 36.2 Å². The molecule has 3 rings (SSSR count). The Kier molecular flexibility index (Phi) is 3.57. The molecular weight excluding hydrogens is 260 g/mol. The molecule has 2 aromatic carbocycles. The molecule has 3 aromatic rings. The lowest BCUT2D eigenvalue weighted by atomic mass is 9.94. The summed E-state index contributed by atoms with van der Waals surface area (Å²) in [5.41, 5.74) is 5.46. The van der Waals surface area contributed by atoms with Crippen LogP contribution < -0.4 is 5.46 Å². The van der Waals surface area contributed by atoms with Gasteiger partial charge in [-0.2, -0.15) is 0 Å². The molecule has 21 heavy (non-hydrogen) atoms. The zero-order valence-corrected chi connectivity index (χ0v) is 11.7. The van der Waals surface area contributed by atoms with Crippen molar-refractivity contribution in [2.24, 2.45) is 0 Å². The molecule has 0 saturated carbocycles. The van der Waals surface area contributed by atoms with Crippen LogP contribution in [0.3, 0.4) is 0 Å². The fourth-order valence-corrected chi connectivity index (χ4v) is 2.33. The average Bonchev–Trinajstić information content (AvgIpc) is 2.48. The Morgan fingerprint density at radius 3 is 2.38 bits per heavy atom. The van der Waals surface area contributed by atoms with Crippen molar-refractivity contribution >= 4 is 13.3 Å². The van der Waals surface area contributed by atoms with Gasteiger partial charge in [-0.3, -0.25) is 4.98 Å². The van der Waals surface area contributed by atoms with Crippen LogP contribution in [0.15, 0.2) is 60.8 Å². The number of hydrogen-bond acceptors (Lipinski definition) is 1. The Hall–Kier alpha value is -2.42. The first kappa shape index (κ1) is 13.6. The van der Waals surface area contributed by atoms with Crippen LogP contribution in [0.5, 0.6) is 0 Å². The van der Waals surface area contributed by atoms with Crippen LogP contribution in [-0.2, 0) is 0 Å². The van der Waals surface area contributed by atoms with Crippen LogP contribution in [0.2, 0.25) is 0 Å². The summed E-state index contributed by atoms with van der Waals surface area (Å²) >= 11 is 0. The number of benzene rings is 2. The van der Waals surface area contributed by atoms with Crippen molar-refractivity contribution < 1.29 is 4.39 Å². The minimum atomic E-state index is -0.241. The second kappa shape index (κ2) is 5.53. The second-order valence-corrected chi connectivity index (χ2v) is 5.02. The molecule has 0 atom stereocenters. The maximum atomic E-state index is 13.3. The summed E-state index contributed by atoms with van der Waals surface area (Å²) in [4.78, 5) is 4.48. The van der Waals surface area contributed by atoms with E-state index in [0.29, 0.717) is 0 Å². The number of hydrogen-bond donors (Lipinski definition) is 0. The summed E-state index contributed by atoms with van der Waals surface area (Å²) < 4.78 is 13.3. The summed E-state index contributed by atoms with van der Waals surface area (Å²) in [6, 6.07) is 16.2. The van der Waals surface area contributed by atoms with Gasteiger partial charge in [0.1, 0.15) is 13.7 Å². The van der Waals surface area contributed by atoms with E-state index in [0.717, 1.165) is 33.4 Å². The highest BCUT2D eigenvalue weighted by Crippen LogP contribution is 2.26. The van der Waals surface area contributed by atoms with Gasteiger partial charge in [-0.25, -0.2) is 4.39 Å². The molecule has 0 aliphatic carbocycles. The van der Waals surface area contributed by atoms with Gasteiger partial charge in [-0.1, -0.05) is 41.9 Å². The number of aromatic nitrogens is 1. The van der Waals surface area contributed by atoms with E-state index < -0.39 is 0 Å². The quantitative estimate of drug-likeness (QED) is 0.649. The highest BCUT2D eigenvalue weighted by molar-refractivity contribution is 6.32. The number of nitrogens with zero attached hydrogens (tertiary/aromatic N) is 1. The number of rotatable bonds is 2. The molecule has 0 spiro atoms. The zero-order chi connectivity index (χ0) is 14.8. The van der Waals surface area contributed by atoms with E-state index in [1.54, 1.807) is 12.3 Å². The fourth-order valence-electron chi connectivity index (χ4n) is 2.33. The average molecular weight is 273 g/mol. The summed E-state index contributed by atoms with van der Waals surface area (Å²) in [5, 5.41) is 0. The van der Waals surface area contributed by atoms with Gasteiger partial charge in [0, 0.05) is 17.3 Å². The lowest BCUT2D eigenvalue weighted by Crippen LogP contribution is -1.99. The van der Waals surface area contributed by atoms with Crippen molar-refractivity contribution in [1.82, 2.24) is 4.98 Å². The summed E-state index contributed by atoms with van der Waals surface area (Å²) in [6.45, 7) is 2.00. The predicted molar refractivity (Wildman–Crippen MR) is 85.2 cm³/mol. The normalized spacial score (nSPS) is 10.6. The summed E-state index contributed by atoms with van der Waals surface area (Å²) in [7, 11) is 5.69. The van der Waals surface area contributed by atoms with Crippen molar-refractivity contribution in [3.05, 3.63) is 72.2 Å². The van der Waals surface area contributed by atoms with Crippen LogP contribution >= 0.6 is 0 Å². The topological polar surface area (TPSA) is 12.9 Å². The third kappa shape index (κ3) is 2.87. The van der Waals surface area contributed by atoms with Gasteiger partial charge >= 0.3 is 0 Å². The highest BCUT2D eigenvalue weighted by Gasteiger charge is 2.06. The van der Waals surface area contributed by atoms with Gasteiger partial charge in [0.25, 0.3) is 0 Å². The van der Waals surface area contributed by atoms with Gasteiger partial charge in [0.05, 0.1) is 5.69 Å². The van der Waals surface area contributed by atoms with Gasteiger partial charge < -0.3 is 0 Å². The third-order valence-electron chi connectivity index (χ3n) is 3.45. The van der Waals surface area contributed by atoms with Gasteiger partial charge in [-0.15, -0.1) is 0 Å². The molecule has 3 heteroatoms. The smallest absolute Gasteiger partial charge is 0.123 e. The van der Waals surface area contributed by atoms with E-state index in [4.69, 9.17) is 7.85 Å². The Morgan fingerprint density at radius 1 is 0.952 bits per heavy atom. The monoisotopic (exact) mass is 273 g/mol. The highest BCUT2D eigenvalue weighted by atomic mass is 19.1. The molecule has 2 radical (unpaired) electrons. The van der Waals surface area contributed by atoms with E-state index >= 15 is 0 Å². The lowest BCUT2D eigenvalue weighted by Gasteiger charge is -2.09. The standard InChI is InChI=1S/C18H13BFN/c1-12-9-18(13-5-7-15(19)8-6-13)21-11-17(12)14-3-2-4-16(20)10-14/h2-11H,1H3. The van der Waals surface area contributed by atoms with E-state index in [1.165, 1.54) is 12.1 Å². The third-order valence-corrected chi connectivity index (χ3v) is 3.45. The van der Waals surface area contributed by atoms with Gasteiger partial charge in [0.15, 0.2) is 0 Å². The first-order valence-electron chi connectivity index (χ1n) is 6.72. The minimum absolute atomic E-state index is 0.241. The molecule has 0 amide bonds. The Morgan fingerprint density at radius 2 is 1.71 bits per heavy atom. The molecule has 1 nitrogen and oxygen atoms in total. The zero-order valence-electron chi connectivity index (χ0n) is 11.7. The first-order valence-corrected chi connectivity index (χ1v) is 6.72. The molecule has 1 heterocycles. The molecule has 1 aromatic heterocycles. The van der Waals surface area contributed by atoms with Crippen molar-refractivity contribution in [3.63, 3.8) is 0 Å². The van der Waals surface area contributed by atoms with E-state index in [9.17, 15) is 4.39 Å². The maximum Gasteiger partial charge on any atom is 0.123 e. The predicted octanol–water partition coefficient (Wildman–Crippen LogP) is 3.66. The Bertz CT molecular complexity index is 781. The SMILES string of the molecule is [B]c1ccc(-c2cc(C)c(-c3cccc(F)c3)cn2)cc1. The van der Waals surface area contributed by atoms with E-state index in [1.807, 2.05) is 43.3 Å². The van der Waals surface area contributed by atoms with Crippen LogP contribution in [0.25, 0.3) is 22.4 Å². The lowest BCUT2D eigenvalue weighted by molar-refractivity contribution is 0.628. The van der Waals surface area contributed by atoms with Crippen LogP contribution in [0.4, 0.5) is 4.39 Å². The molecule has 0 fully saturated rings. The number of halogens is 1. The van der Waals surface area contributed by atoms with Crippen LogP contribution in [0.1, 0.15) is 5.56 Å². The number of aryl methyl sites for hydroxylation is 1. The maximum absolute atomic E-state index is 13.3. The molecule has 100 valence electrons. The molecule has 0 unspecified atom stereocenters. The molecule has 0 N–H and O–H groups in total. The van der Waals surface area contributed by atoms with Crippen molar-refractivity contribution in [3.8, 4) is 22.4 Å². The molecule has 0 saturated heterocycles. The fraction of sp³-hybridized carbons (Fsp3) is 0.0556. The largest absolute Gasteiger partial charge is 0.256 e. The van der Waals surface area contributed by atoms with E-state index in [2.05, 4.69) is 4.98 Å². The first-order chi connectivity index (χ1) is 10.1. The van der Waals surface area contributed by atoms with Crippen molar-refractivity contribution in [1.29, 1.82) is 0 Å². The van der Waals surface area contributed by atoms with Crippen molar-refractivity contribution in [2.45, 2.75) is 6.92 Å². The molecule has 0 aliphatic rings. The molecule has 0 aliphatic heterocycles. The van der Waals surface area contributed by atoms with Crippen LogP contribution in [0, 0.1) is 12.7 Å². The van der Waals surface area contributed by atoms with E-state index in [-0.39, 0.29) is 5.82 Å². The number of pyridine rings is 1. The second-order valence-electron chi connectivity index (χ2n) is 5.02. The van der Waals surface area contributed by atoms with Gasteiger partial charge in [0.2, 0.25) is 0 Å². The summed E-state index contributed by atoms with van der Waals surface area (Å²) in [5.74, 6) is -0.241. The summed E-state index contributed by atoms with van der Waals surface area (Å²) in [6.07, 6.45) is 1.79. The minimum Gasteiger partial charge on any atom is -0.256 e.